The zero-order valence-corrected chi connectivity index (χ0v) is 40.9. The van der Waals surface area contributed by atoms with E-state index in [0.717, 1.165) is 55.0 Å². The van der Waals surface area contributed by atoms with Crippen LogP contribution in [-0.2, 0) is 16.2 Å². The Morgan fingerprint density at radius 2 is 0.750 bits per heavy atom. The van der Waals surface area contributed by atoms with Gasteiger partial charge in [-0.15, -0.1) is 0 Å². The minimum absolute atomic E-state index is 0.204. The Labute approximate surface area is 417 Å². The summed E-state index contributed by atoms with van der Waals surface area (Å²) in [4.78, 5) is 0. The van der Waals surface area contributed by atoms with Crippen LogP contribution in [0, 0.1) is 0 Å². The number of furan rings is 2. The molecule has 2 nitrogen and oxygen atoms in total. The predicted octanol–water partition coefficient (Wildman–Crippen LogP) is 19.1. The van der Waals surface area contributed by atoms with Crippen molar-refractivity contribution < 1.29 is 8.83 Å². The Bertz CT molecular complexity index is 4570. The van der Waals surface area contributed by atoms with E-state index in [4.69, 9.17) is 8.83 Å². The van der Waals surface area contributed by atoms with Crippen LogP contribution in [0.3, 0.4) is 0 Å². The lowest BCUT2D eigenvalue weighted by Crippen LogP contribution is -2.28. The van der Waals surface area contributed by atoms with Gasteiger partial charge in [0.25, 0.3) is 0 Å². The highest BCUT2D eigenvalue weighted by molar-refractivity contribution is 6.08. The zero-order valence-electron chi connectivity index (χ0n) is 40.9. The number of hydrogen-bond acceptors (Lipinski definition) is 2. The number of benzene rings is 11. The molecule has 0 N–H and O–H groups in total. The van der Waals surface area contributed by atoms with Gasteiger partial charge in [0.15, 0.2) is 0 Å². The first kappa shape index (κ1) is 40.3. The number of rotatable bonds is 3. The third kappa shape index (κ3) is 5.14. The molecule has 0 aliphatic heterocycles. The number of para-hydroxylation sites is 2. The molecule has 3 aliphatic rings. The van der Waals surface area contributed by atoms with E-state index in [1.807, 2.05) is 12.1 Å². The van der Waals surface area contributed by atoms with Gasteiger partial charge in [0.1, 0.15) is 22.3 Å². The van der Waals surface area contributed by atoms with Crippen molar-refractivity contribution in [2.75, 3.05) is 0 Å². The van der Waals surface area contributed by atoms with Crippen LogP contribution in [0.2, 0.25) is 0 Å². The monoisotopic (exact) mass is 920 g/mol. The van der Waals surface area contributed by atoms with Gasteiger partial charge in [-0.2, -0.15) is 0 Å². The van der Waals surface area contributed by atoms with E-state index in [1.54, 1.807) is 0 Å². The molecular weight excluding hydrogens is 873 g/mol. The Balaban J connectivity index is 0.822. The SMILES string of the molecule is CC1(C)c2cc3c(cc2-c2cc4ccc(-c5ccc6c(c5)oc5ccccc56)cc4cc21)C(C)(c1ccccc1)c1c-3ccc2c1C(C)(C)c1c-2ccc2cc(-c3ccc4c(c3)oc3ccccc34)ccc12. The summed E-state index contributed by atoms with van der Waals surface area (Å²) < 4.78 is 12.6. The van der Waals surface area contributed by atoms with Gasteiger partial charge in [-0.1, -0.05) is 155 Å². The van der Waals surface area contributed by atoms with Gasteiger partial charge in [-0.25, -0.2) is 0 Å². The molecular formula is C70H48O2. The summed E-state index contributed by atoms with van der Waals surface area (Å²) in [6.07, 6.45) is 0. The minimum atomic E-state index is -0.399. The molecule has 340 valence electrons. The van der Waals surface area contributed by atoms with Gasteiger partial charge in [-0.3, -0.25) is 0 Å². The fourth-order valence-corrected chi connectivity index (χ4v) is 14.1. The maximum atomic E-state index is 6.33. The largest absolute Gasteiger partial charge is 0.456 e. The van der Waals surface area contributed by atoms with Crippen molar-refractivity contribution >= 4 is 65.4 Å². The Kier molecular flexibility index (Phi) is 7.66. The fourth-order valence-electron chi connectivity index (χ4n) is 14.1. The Hall–Kier alpha value is -8.46. The van der Waals surface area contributed by atoms with Crippen molar-refractivity contribution in [3.63, 3.8) is 0 Å². The molecule has 2 aromatic heterocycles. The van der Waals surface area contributed by atoms with E-state index in [-0.39, 0.29) is 10.8 Å². The molecule has 72 heavy (non-hydrogen) atoms. The highest BCUT2D eigenvalue weighted by atomic mass is 16.3. The molecule has 0 bridgehead atoms. The quantitative estimate of drug-likeness (QED) is 0.176. The molecule has 0 spiro atoms. The summed E-state index contributed by atoms with van der Waals surface area (Å²) in [6.45, 7) is 12.3. The molecule has 0 saturated heterocycles. The van der Waals surface area contributed by atoms with E-state index >= 15 is 0 Å². The van der Waals surface area contributed by atoms with Crippen LogP contribution < -0.4 is 0 Å². The summed E-state index contributed by atoms with van der Waals surface area (Å²) in [5.74, 6) is 0. The molecule has 2 heterocycles. The van der Waals surface area contributed by atoms with Crippen molar-refractivity contribution in [2.24, 2.45) is 0 Å². The van der Waals surface area contributed by atoms with Crippen molar-refractivity contribution in [1.29, 1.82) is 0 Å². The molecule has 0 amide bonds. The molecule has 0 radical (unpaired) electrons. The van der Waals surface area contributed by atoms with Crippen LogP contribution in [-0.4, -0.2) is 0 Å². The minimum Gasteiger partial charge on any atom is -0.456 e. The second kappa shape index (κ2) is 13.7. The Morgan fingerprint density at radius 3 is 1.43 bits per heavy atom. The first-order valence-corrected chi connectivity index (χ1v) is 25.5. The van der Waals surface area contributed by atoms with E-state index in [2.05, 4.69) is 223 Å². The van der Waals surface area contributed by atoms with E-state index < -0.39 is 5.41 Å². The van der Waals surface area contributed by atoms with Gasteiger partial charge >= 0.3 is 0 Å². The predicted molar refractivity (Wildman–Crippen MR) is 299 cm³/mol. The van der Waals surface area contributed by atoms with Crippen molar-refractivity contribution in [1.82, 2.24) is 0 Å². The fraction of sp³-hybridized carbons (Fsp3) is 0.114. The third-order valence-corrected chi connectivity index (χ3v) is 17.6. The maximum Gasteiger partial charge on any atom is 0.136 e. The van der Waals surface area contributed by atoms with Gasteiger partial charge < -0.3 is 8.83 Å². The molecule has 0 saturated carbocycles. The molecule has 3 aliphatic carbocycles. The summed E-state index contributed by atoms with van der Waals surface area (Å²) in [5, 5.41) is 9.71. The molecule has 1 atom stereocenters. The lowest BCUT2D eigenvalue weighted by molar-refractivity contribution is 0.625. The van der Waals surface area contributed by atoms with Gasteiger partial charge in [0.05, 0.1) is 0 Å². The molecule has 0 fully saturated rings. The Morgan fingerprint density at radius 1 is 0.278 bits per heavy atom. The standard InChI is InChI=1S/C70H48O2/c1-68(2)58-34-45-32-39(42-22-26-50-48-15-9-11-17-61(48)71-63(50)35-42)19-20-41(45)33-55(58)57-38-60-56(37-59(57)68)54-30-29-53-52-28-24-44-31-40(43-23-27-51-49-16-10-12-18-62(49)72-64(51)36-43)21-25-47(44)65(52)69(3,4)66(53)67(54)70(60,5)46-13-7-6-8-14-46/h6-38H,1-5H3. The van der Waals surface area contributed by atoms with Crippen LogP contribution in [0.5, 0.6) is 0 Å². The normalized spacial score (nSPS) is 16.7. The average Bonchev–Trinajstić information content (AvgIpc) is 4.16. The highest BCUT2D eigenvalue weighted by Crippen LogP contribution is 2.64. The van der Waals surface area contributed by atoms with Crippen LogP contribution >= 0.6 is 0 Å². The molecule has 2 heteroatoms. The maximum absolute atomic E-state index is 6.33. The summed E-state index contributed by atoms with van der Waals surface area (Å²) in [5.41, 5.74) is 25.4. The molecule has 16 rings (SSSR count). The summed E-state index contributed by atoms with van der Waals surface area (Å²) >= 11 is 0. The second-order valence-electron chi connectivity index (χ2n) is 22.1. The van der Waals surface area contributed by atoms with E-state index in [0.29, 0.717) is 0 Å². The lowest BCUT2D eigenvalue weighted by atomic mass is 9.68. The molecule has 1 unspecified atom stereocenters. The number of fused-ring (bicyclic) bond motifs is 19. The third-order valence-electron chi connectivity index (χ3n) is 17.6. The van der Waals surface area contributed by atoms with Gasteiger partial charge in [-0.05, 0) is 196 Å². The molecule has 11 aromatic carbocycles. The topological polar surface area (TPSA) is 26.3 Å². The van der Waals surface area contributed by atoms with Crippen LogP contribution in [0.25, 0.3) is 121 Å². The smallest absolute Gasteiger partial charge is 0.136 e. The first-order chi connectivity index (χ1) is 35.0. The zero-order chi connectivity index (χ0) is 48.0. The van der Waals surface area contributed by atoms with E-state index in [1.165, 1.54) is 105 Å². The lowest BCUT2D eigenvalue weighted by Gasteiger charge is -2.34. The average molecular weight is 921 g/mol. The van der Waals surface area contributed by atoms with Gasteiger partial charge in [0, 0.05) is 37.8 Å². The van der Waals surface area contributed by atoms with Crippen molar-refractivity contribution in [2.45, 2.75) is 50.9 Å². The number of hydrogen-bond donors (Lipinski definition) is 0. The summed E-state index contributed by atoms with van der Waals surface area (Å²) in [7, 11) is 0. The highest BCUT2D eigenvalue weighted by Gasteiger charge is 2.50. The van der Waals surface area contributed by atoms with Crippen LogP contribution in [0.15, 0.2) is 209 Å². The second-order valence-corrected chi connectivity index (χ2v) is 22.1. The van der Waals surface area contributed by atoms with Crippen molar-refractivity contribution in [3.05, 3.63) is 239 Å². The van der Waals surface area contributed by atoms with Crippen molar-refractivity contribution in [3.8, 4) is 55.6 Å². The molecule has 13 aromatic rings. The van der Waals surface area contributed by atoms with E-state index in [9.17, 15) is 0 Å². The summed E-state index contributed by atoms with van der Waals surface area (Å²) in [6, 6.07) is 75.0. The first-order valence-electron chi connectivity index (χ1n) is 25.5. The van der Waals surface area contributed by atoms with Gasteiger partial charge in [0.2, 0.25) is 0 Å². The van der Waals surface area contributed by atoms with Crippen LogP contribution in [0.4, 0.5) is 0 Å². The van der Waals surface area contributed by atoms with Crippen LogP contribution in [0.1, 0.15) is 73.6 Å².